The highest BCUT2D eigenvalue weighted by atomic mass is 16.5. The van der Waals surface area contributed by atoms with Crippen molar-refractivity contribution < 1.29 is 19.4 Å². The van der Waals surface area contributed by atoms with Gasteiger partial charge in [-0.2, -0.15) is 0 Å². The maximum atomic E-state index is 12.2. The molecule has 0 bridgehead atoms. The molecule has 3 N–H and O–H groups in total. The van der Waals surface area contributed by atoms with Gasteiger partial charge in [0.1, 0.15) is 31.3 Å². The summed E-state index contributed by atoms with van der Waals surface area (Å²) in [7, 11) is 0. The van der Waals surface area contributed by atoms with Crippen LogP contribution in [-0.2, 0) is 11.3 Å². The van der Waals surface area contributed by atoms with Crippen LogP contribution in [0.1, 0.15) is 35.2 Å². The van der Waals surface area contributed by atoms with E-state index < -0.39 is 0 Å². The molecule has 1 saturated heterocycles. The first-order valence-corrected chi connectivity index (χ1v) is 10.9. The van der Waals surface area contributed by atoms with Gasteiger partial charge in [-0.15, -0.1) is 0 Å². The first-order chi connectivity index (χ1) is 14.5. The van der Waals surface area contributed by atoms with Crippen LogP contribution < -0.4 is 15.8 Å². The zero-order valence-electron chi connectivity index (χ0n) is 18.1. The Bertz CT molecular complexity index is 1060. The summed E-state index contributed by atoms with van der Waals surface area (Å²) in [5, 5.41) is 3.40. The van der Waals surface area contributed by atoms with E-state index in [1.54, 1.807) is 11.0 Å². The molecule has 3 aromatic rings. The van der Waals surface area contributed by atoms with E-state index in [2.05, 4.69) is 54.7 Å². The predicted molar refractivity (Wildman–Crippen MR) is 118 cm³/mol. The molecule has 0 saturated carbocycles. The fourth-order valence-electron chi connectivity index (χ4n) is 4.66. The Morgan fingerprint density at radius 1 is 1.07 bits per heavy atom. The lowest BCUT2D eigenvalue weighted by molar-refractivity contribution is -0.959. The van der Waals surface area contributed by atoms with E-state index in [1.807, 2.05) is 13.8 Å². The van der Waals surface area contributed by atoms with E-state index in [-0.39, 0.29) is 5.63 Å². The van der Waals surface area contributed by atoms with Gasteiger partial charge < -0.3 is 19.4 Å². The molecule has 0 aliphatic carbocycles. The van der Waals surface area contributed by atoms with Gasteiger partial charge in [0.15, 0.2) is 6.04 Å². The van der Waals surface area contributed by atoms with Gasteiger partial charge in [-0.25, -0.2) is 4.79 Å². The standard InChI is InChI=1S/C25H30N2O3/c1-17-9-10-22-21(15-23(28)30-25(22)18(17)2)16-26-19(3)24(20-7-5-4-6-8-20)27-11-13-29-14-12-27/h4-10,15,19,24,26H,11-14,16H2,1-3H3/p+2/t19-,24+/m0/s1. The lowest BCUT2D eigenvalue weighted by Crippen LogP contribution is -3.17. The number of ether oxygens (including phenoxy) is 1. The van der Waals surface area contributed by atoms with Crippen molar-refractivity contribution in [2.75, 3.05) is 26.3 Å². The third-order valence-corrected chi connectivity index (χ3v) is 6.49. The molecule has 0 amide bonds. The molecule has 158 valence electrons. The Morgan fingerprint density at radius 3 is 2.53 bits per heavy atom. The molecule has 0 radical (unpaired) electrons. The Labute approximate surface area is 177 Å². The summed E-state index contributed by atoms with van der Waals surface area (Å²) in [5.41, 5.74) is 5.03. The number of morpholine rings is 1. The summed E-state index contributed by atoms with van der Waals surface area (Å²) >= 11 is 0. The highest BCUT2D eigenvalue weighted by molar-refractivity contribution is 5.83. The molecule has 0 unspecified atom stereocenters. The highest BCUT2D eigenvalue weighted by Crippen LogP contribution is 2.23. The molecule has 1 aliphatic heterocycles. The molecule has 1 fully saturated rings. The smallest absolute Gasteiger partial charge is 0.336 e. The monoisotopic (exact) mass is 408 g/mol. The van der Waals surface area contributed by atoms with Crippen LogP contribution in [0.2, 0.25) is 0 Å². The van der Waals surface area contributed by atoms with E-state index in [0.29, 0.717) is 12.1 Å². The molecule has 30 heavy (non-hydrogen) atoms. The first-order valence-electron chi connectivity index (χ1n) is 10.9. The maximum Gasteiger partial charge on any atom is 0.336 e. The second-order valence-corrected chi connectivity index (χ2v) is 8.43. The van der Waals surface area contributed by atoms with E-state index in [4.69, 9.17) is 9.15 Å². The van der Waals surface area contributed by atoms with Crippen molar-refractivity contribution >= 4 is 11.0 Å². The van der Waals surface area contributed by atoms with Crippen LogP contribution in [-0.4, -0.2) is 32.3 Å². The van der Waals surface area contributed by atoms with Crippen LogP contribution in [0, 0.1) is 13.8 Å². The quantitative estimate of drug-likeness (QED) is 0.608. The van der Waals surface area contributed by atoms with E-state index in [9.17, 15) is 4.79 Å². The van der Waals surface area contributed by atoms with Crippen molar-refractivity contribution in [3.8, 4) is 0 Å². The Kier molecular flexibility index (Phi) is 6.32. The normalized spacial score (nSPS) is 17.2. The first kappa shape index (κ1) is 20.8. The molecule has 1 aliphatic rings. The van der Waals surface area contributed by atoms with Crippen LogP contribution in [0.25, 0.3) is 11.0 Å². The maximum absolute atomic E-state index is 12.2. The molecule has 2 aromatic carbocycles. The zero-order chi connectivity index (χ0) is 21.1. The van der Waals surface area contributed by atoms with Gasteiger partial charge >= 0.3 is 5.63 Å². The highest BCUT2D eigenvalue weighted by Gasteiger charge is 2.33. The van der Waals surface area contributed by atoms with E-state index in [0.717, 1.165) is 60.5 Å². The zero-order valence-corrected chi connectivity index (χ0v) is 18.1. The van der Waals surface area contributed by atoms with Gasteiger partial charge in [-0.1, -0.05) is 42.5 Å². The third-order valence-electron chi connectivity index (χ3n) is 6.49. The molecule has 2 atom stereocenters. The van der Waals surface area contributed by atoms with Crippen molar-refractivity contribution in [2.45, 2.75) is 39.4 Å². The second-order valence-electron chi connectivity index (χ2n) is 8.43. The molecule has 0 spiro atoms. The van der Waals surface area contributed by atoms with Gasteiger partial charge in [0.25, 0.3) is 0 Å². The van der Waals surface area contributed by atoms with E-state index >= 15 is 0 Å². The molecule has 1 aromatic heterocycles. The fraction of sp³-hybridized carbons (Fsp3) is 0.400. The summed E-state index contributed by atoms with van der Waals surface area (Å²) < 4.78 is 11.1. The fourth-order valence-corrected chi connectivity index (χ4v) is 4.66. The summed E-state index contributed by atoms with van der Waals surface area (Å²) in [6.07, 6.45) is 0. The number of rotatable bonds is 6. The third kappa shape index (κ3) is 4.33. The molecule has 5 heteroatoms. The largest absolute Gasteiger partial charge is 0.422 e. The van der Waals surface area contributed by atoms with Crippen LogP contribution in [0.3, 0.4) is 0 Å². The summed E-state index contributed by atoms with van der Waals surface area (Å²) in [4.78, 5) is 13.8. The average Bonchev–Trinajstić information content (AvgIpc) is 2.76. The van der Waals surface area contributed by atoms with Crippen LogP contribution in [0.15, 0.2) is 57.7 Å². The minimum absolute atomic E-state index is 0.273. The van der Waals surface area contributed by atoms with Gasteiger partial charge in [-0.3, -0.25) is 0 Å². The van der Waals surface area contributed by atoms with Crippen LogP contribution >= 0.6 is 0 Å². The number of aryl methyl sites for hydroxylation is 2. The number of nitrogens with two attached hydrogens (primary N) is 1. The van der Waals surface area contributed by atoms with Gasteiger partial charge in [-0.05, 0) is 31.9 Å². The Morgan fingerprint density at radius 2 is 1.80 bits per heavy atom. The SMILES string of the molecule is Cc1ccc2c(C[NH2+][C@@H](C)[C@H](c3ccccc3)[NH+]3CCOCC3)cc(=O)oc2c1C. The number of hydrogen-bond acceptors (Lipinski definition) is 3. The molecular weight excluding hydrogens is 376 g/mol. The van der Waals surface area contributed by atoms with Crippen molar-refractivity contribution in [3.05, 3.63) is 81.2 Å². The van der Waals surface area contributed by atoms with Gasteiger partial charge in [0.05, 0.1) is 13.2 Å². The number of quaternary nitrogens is 2. The minimum atomic E-state index is -0.273. The predicted octanol–water partition coefficient (Wildman–Crippen LogP) is 1.52. The number of nitrogens with one attached hydrogen (secondary N) is 1. The average molecular weight is 409 g/mol. The lowest BCUT2D eigenvalue weighted by atomic mass is 9.97. The molecular formula is C25H32N2O3+2. The van der Waals surface area contributed by atoms with Crippen molar-refractivity contribution in [3.63, 3.8) is 0 Å². The number of benzene rings is 2. The summed E-state index contributed by atoms with van der Waals surface area (Å²) in [6, 6.07) is 17.4. The van der Waals surface area contributed by atoms with Crippen LogP contribution in [0.5, 0.6) is 0 Å². The Hall–Kier alpha value is -2.47. The minimum Gasteiger partial charge on any atom is -0.422 e. The van der Waals surface area contributed by atoms with E-state index in [1.165, 1.54) is 5.56 Å². The van der Waals surface area contributed by atoms with Crippen molar-refractivity contribution in [1.82, 2.24) is 0 Å². The summed E-state index contributed by atoms with van der Waals surface area (Å²) in [6.45, 7) is 10.8. The number of hydrogen-bond donors (Lipinski definition) is 2. The molecule has 4 rings (SSSR count). The van der Waals surface area contributed by atoms with Gasteiger partial charge in [0, 0.05) is 22.6 Å². The topological polar surface area (TPSA) is 60.5 Å². The lowest BCUT2D eigenvalue weighted by Gasteiger charge is -2.34. The van der Waals surface area contributed by atoms with Crippen molar-refractivity contribution in [1.29, 1.82) is 0 Å². The van der Waals surface area contributed by atoms with Gasteiger partial charge in [0.2, 0.25) is 0 Å². The van der Waals surface area contributed by atoms with Crippen molar-refractivity contribution in [2.24, 2.45) is 0 Å². The Balaban J connectivity index is 1.60. The number of fused-ring (bicyclic) bond motifs is 1. The van der Waals surface area contributed by atoms with Crippen LogP contribution in [0.4, 0.5) is 0 Å². The molecule has 2 heterocycles. The molecule has 5 nitrogen and oxygen atoms in total. The second kappa shape index (κ2) is 9.13. The summed E-state index contributed by atoms with van der Waals surface area (Å²) in [5.74, 6) is 0.